The van der Waals surface area contributed by atoms with Crippen LogP contribution in [0.4, 0.5) is 4.79 Å². The Hall–Kier alpha value is -1.42. The Balaban J connectivity index is 4.75. The van der Waals surface area contributed by atoms with E-state index in [4.69, 9.17) is 10.2 Å². The molecular formula is C15H27N3O5S2. The topological polar surface area (TPSA) is 128 Å². The number of hydrogen-bond acceptors (Lipinski definition) is 6. The van der Waals surface area contributed by atoms with Gasteiger partial charge in [0.25, 0.3) is 0 Å². The van der Waals surface area contributed by atoms with E-state index in [9.17, 15) is 14.4 Å². The van der Waals surface area contributed by atoms with Crippen molar-refractivity contribution in [3.05, 3.63) is 0 Å². The first-order chi connectivity index (χ1) is 11.4. The number of carbonyl (C=O) groups excluding carboxylic acids is 1. The summed E-state index contributed by atoms with van der Waals surface area (Å²) in [5.74, 6) is -2.22. The Morgan fingerprint density at radius 1 is 1.20 bits per heavy atom. The quantitative estimate of drug-likeness (QED) is 0.330. The molecule has 0 aromatic rings. The van der Waals surface area contributed by atoms with E-state index in [0.717, 1.165) is 0 Å². The van der Waals surface area contributed by atoms with Crippen molar-refractivity contribution in [3.8, 4) is 0 Å². The number of rotatable bonds is 10. The third-order valence-corrected chi connectivity index (χ3v) is 6.16. The van der Waals surface area contributed by atoms with Gasteiger partial charge >= 0.3 is 18.0 Å². The number of aliphatic carboxylic acids is 2. The summed E-state index contributed by atoms with van der Waals surface area (Å²) in [5, 5.41) is 22.8. The third-order valence-electron chi connectivity index (χ3n) is 2.81. The van der Waals surface area contributed by atoms with E-state index in [2.05, 4.69) is 36.4 Å². The highest BCUT2D eigenvalue weighted by Gasteiger charge is 2.19. The first-order valence-corrected chi connectivity index (χ1v) is 10.0. The molecule has 0 heterocycles. The molecule has 0 bridgehead atoms. The van der Waals surface area contributed by atoms with Crippen LogP contribution in [0.3, 0.4) is 0 Å². The summed E-state index contributed by atoms with van der Waals surface area (Å²) in [4.78, 5) is 37.4. The van der Waals surface area contributed by atoms with Gasteiger partial charge in [-0.3, -0.25) is 14.6 Å². The standard InChI is InChI=1S/C15H27N3O5S2/c1-9(13(21)22)6-17-14(23)18-11(8-24-25-15(3,4)5)10(2)16-7-12(19)20/h9,11H,6-8H2,1-5H3,(H,19,20)(H,21,22)(H2,17,18,23). The lowest BCUT2D eigenvalue weighted by atomic mass is 10.2. The van der Waals surface area contributed by atoms with E-state index in [0.29, 0.717) is 11.5 Å². The number of aliphatic imine (C=N–C) groups is 1. The van der Waals surface area contributed by atoms with Gasteiger partial charge in [0.05, 0.1) is 12.0 Å². The molecule has 0 aromatic carbocycles. The van der Waals surface area contributed by atoms with Crippen LogP contribution in [0.1, 0.15) is 34.6 Å². The van der Waals surface area contributed by atoms with E-state index in [1.54, 1.807) is 28.5 Å². The van der Waals surface area contributed by atoms with Crippen LogP contribution in [-0.4, -0.2) is 63.5 Å². The van der Waals surface area contributed by atoms with E-state index in [1.165, 1.54) is 6.92 Å². The van der Waals surface area contributed by atoms with Gasteiger partial charge in [-0.05, 0) is 6.92 Å². The van der Waals surface area contributed by atoms with Crippen molar-refractivity contribution < 1.29 is 24.6 Å². The van der Waals surface area contributed by atoms with Crippen molar-refractivity contribution in [2.24, 2.45) is 10.9 Å². The van der Waals surface area contributed by atoms with Crippen LogP contribution in [0.25, 0.3) is 0 Å². The Morgan fingerprint density at radius 2 is 1.80 bits per heavy atom. The Kier molecular flexibility index (Phi) is 10.6. The lowest BCUT2D eigenvalue weighted by Crippen LogP contribution is -2.48. The van der Waals surface area contributed by atoms with Gasteiger partial charge in [0, 0.05) is 22.8 Å². The molecule has 0 aliphatic carbocycles. The molecule has 0 aromatic heterocycles. The normalized spacial score (nSPS) is 14.5. The highest BCUT2D eigenvalue weighted by molar-refractivity contribution is 8.77. The number of hydrogen-bond donors (Lipinski definition) is 4. The number of carboxylic acids is 2. The second-order valence-corrected chi connectivity index (χ2v) is 9.65. The Morgan fingerprint density at radius 3 is 2.28 bits per heavy atom. The van der Waals surface area contributed by atoms with E-state index >= 15 is 0 Å². The zero-order valence-electron chi connectivity index (χ0n) is 15.2. The second kappa shape index (κ2) is 11.2. The first-order valence-electron chi connectivity index (χ1n) is 7.73. The summed E-state index contributed by atoms with van der Waals surface area (Å²) < 4.78 is 0.0422. The van der Waals surface area contributed by atoms with Crippen molar-refractivity contribution in [2.75, 3.05) is 18.8 Å². The zero-order valence-corrected chi connectivity index (χ0v) is 16.8. The summed E-state index contributed by atoms with van der Waals surface area (Å²) in [6.45, 7) is 9.00. The summed E-state index contributed by atoms with van der Waals surface area (Å²) in [6, 6.07) is -0.955. The van der Waals surface area contributed by atoms with Crippen molar-refractivity contribution in [1.29, 1.82) is 0 Å². The van der Waals surface area contributed by atoms with E-state index in [1.807, 2.05) is 0 Å². The predicted molar refractivity (Wildman–Crippen MR) is 103 cm³/mol. The molecule has 0 rings (SSSR count). The number of nitrogens with one attached hydrogen (secondary N) is 2. The largest absolute Gasteiger partial charge is 0.481 e. The summed E-state index contributed by atoms with van der Waals surface area (Å²) in [5.41, 5.74) is 0.505. The zero-order chi connectivity index (χ0) is 19.6. The highest BCUT2D eigenvalue weighted by Crippen LogP contribution is 2.35. The van der Waals surface area contributed by atoms with Gasteiger partial charge in [-0.25, -0.2) is 4.79 Å². The molecule has 25 heavy (non-hydrogen) atoms. The number of nitrogens with zero attached hydrogens (tertiary/aromatic N) is 1. The molecule has 144 valence electrons. The molecule has 8 nitrogen and oxygen atoms in total. The summed E-state index contributed by atoms with van der Waals surface area (Å²) >= 11 is 0. The van der Waals surface area contributed by atoms with Gasteiger partial charge in [-0.15, -0.1) is 0 Å². The molecule has 0 aliphatic rings. The highest BCUT2D eigenvalue weighted by atomic mass is 33.1. The molecule has 0 saturated heterocycles. The smallest absolute Gasteiger partial charge is 0.325 e. The minimum Gasteiger partial charge on any atom is -0.481 e. The average molecular weight is 394 g/mol. The molecule has 10 heteroatoms. The number of carboxylic acid groups (broad SMARTS) is 2. The van der Waals surface area contributed by atoms with Gasteiger partial charge in [0.1, 0.15) is 6.54 Å². The van der Waals surface area contributed by atoms with Crippen LogP contribution in [0.15, 0.2) is 4.99 Å². The Labute approximate surface area is 156 Å². The maximum atomic E-state index is 12.0. The molecule has 0 radical (unpaired) electrons. The third kappa shape index (κ3) is 12.6. The van der Waals surface area contributed by atoms with E-state index in [-0.39, 0.29) is 17.8 Å². The minimum absolute atomic E-state index is 0.00306. The molecule has 0 aliphatic heterocycles. The lowest BCUT2D eigenvalue weighted by molar-refractivity contribution is -0.141. The fourth-order valence-corrected chi connectivity index (χ4v) is 3.95. The van der Waals surface area contributed by atoms with Crippen molar-refractivity contribution in [3.63, 3.8) is 0 Å². The lowest BCUT2D eigenvalue weighted by Gasteiger charge is -2.22. The SMILES string of the molecule is CC(=NCC(=O)O)C(CSSC(C)(C)C)NC(=O)NCC(C)C(=O)O. The maximum absolute atomic E-state index is 12.0. The number of amides is 2. The van der Waals surface area contributed by atoms with Gasteiger partial charge in [0.15, 0.2) is 0 Å². The van der Waals surface area contributed by atoms with Crippen molar-refractivity contribution >= 4 is 45.3 Å². The van der Waals surface area contributed by atoms with Crippen LogP contribution in [0, 0.1) is 5.92 Å². The number of carbonyl (C=O) groups is 3. The van der Waals surface area contributed by atoms with Crippen LogP contribution in [-0.2, 0) is 9.59 Å². The summed E-state index contributed by atoms with van der Waals surface area (Å²) in [7, 11) is 3.20. The van der Waals surface area contributed by atoms with Gasteiger partial charge < -0.3 is 20.8 Å². The maximum Gasteiger partial charge on any atom is 0.325 e. The molecule has 4 N–H and O–H groups in total. The van der Waals surface area contributed by atoms with Gasteiger partial charge in [0.2, 0.25) is 0 Å². The van der Waals surface area contributed by atoms with Crippen molar-refractivity contribution in [2.45, 2.75) is 45.4 Å². The fourth-order valence-electron chi connectivity index (χ4n) is 1.39. The van der Waals surface area contributed by atoms with Crippen LogP contribution < -0.4 is 10.6 Å². The number of urea groups is 1. The predicted octanol–water partition coefficient (Wildman–Crippen LogP) is 2.10. The molecule has 2 unspecified atom stereocenters. The monoisotopic (exact) mass is 393 g/mol. The molecule has 0 fully saturated rings. The van der Waals surface area contributed by atoms with E-state index < -0.39 is 29.9 Å². The minimum atomic E-state index is -1.05. The van der Waals surface area contributed by atoms with Crippen LogP contribution >= 0.6 is 21.6 Å². The molecule has 2 atom stereocenters. The van der Waals surface area contributed by atoms with Gasteiger partial charge in [-0.2, -0.15) is 0 Å². The van der Waals surface area contributed by atoms with Crippen molar-refractivity contribution in [1.82, 2.24) is 10.6 Å². The van der Waals surface area contributed by atoms with Gasteiger partial charge in [-0.1, -0.05) is 49.3 Å². The Bertz CT molecular complexity index is 506. The average Bonchev–Trinajstić information content (AvgIpc) is 2.47. The summed E-state index contributed by atoms with van der Waals surface area (Å²) in [6.07, 6.45) is 0. The molecular weight excluding hydrogens is 366 g/mol. The van der Waals surface area contributed by atoms with Crippen LogP contribution in [0.5, 0.6) is 0 Å². The van der Waals surface area contributed by atoms with Crippen LogP contribution in [0.2, 0.25) is 0 Å². The molecule has 2 amide bonds. The molecule has 0 saturated carbocycles. The first kappa shape index (κ1) is 23.6. The second-order valence-electron chi connectivity index (χ2n) is 6.48. The molecule has 0 spiro atoms. The fraction of sp³-hybridized carbons (Fsp3) is 0.733.